The van der Waals surface area contributed by atoms with E-state index >= 15 is 0 Å². The maximum absolute atomic E-state index is 11.6. The fourth-order valence-corrected chi connectivity index (χ4v) is 2.16. The number of ether oxygens (including phenoxy) is 2. The Bertz CT molecular complexity index is 546. The highest BCUT2D eigenvalue weighted by molar-refractivity contribution is 14.0. The normalized spacial score (nSPS) is 11.9. The second-order valence-corrected chi connectivity index (χ2v) is 5.86. The second kappa shape index (κ2) is 14.1. The van der Waals surface area contributed by atoms with E-state index in [1.54, 1.807) is 14.2 Å². The molecule has 25 heavy (non-hydrogen) atoms. The third-order valence-corrected chi connectivity index (χ3v) is 3.65. The number of carbonyl (C=O) groups excluding carboxylic acids is 1. The Morgan fingerprint density at radius 1 is 1.28 bits per heavy atom. The van der Waals surface area contributed by atoms with E-state index in [1.807, 2.05) is 31.2 Å². The summed E-state index contributed by atoms with van der Waals surface area (Å²) in [6, 6.07) is 7.68. The van der Waals surface area contributed by atoms with Gasteiger partial charge in [0, 0.05) is 20.7 Å². The molecule has 0 radical (unpaired) electrons. The first kappa shape index (κ1) is 23.9. The number of hydrogen-bond donors (Lipinski definition) is 3. The molecule has 9 heteroatoms. The Kier molecular flexibility index (Phi) is 13.5. The molecule has 1 atom stereocenters. The van der Waals surface area contributed by atoms with Gasteiger partial charge in [0.05, 0.1) is 24.2 Å². The van der Waals surface area contributed by atoms with E-state index in [9.17, 15) is 4.79 Å². The lowest BCUT2D eigenvalue weighted by Gasteiger charge is -2.18. The van der Waals surface area contributed by atoms with Crippen molar-refractivity contribution >= 4 is 51.8 Å². The molecule has 0 bridgehead atoms. The lowest BCUT2D eigenvalue weighted by atomic mass is 10.3. The summed E-state index contributed by atoms with van der Waals surface area (Å²) in [4.78, 5) is 15.7. The van der Waals surface area contributed by atoms with Crippen molar-refractivity contribution in [2.45, 2.75) is 13.0 Å². The first-order valence-corrected chi connectivity index (χ1v) is 8.47. The fourth-order valence-electron chi connectivity index (χ4n) is 1.78. The number of carbonyl (C=O) groups is 1. The summed E-state index contributed by atoms with van der Waals surface area (Å²) in [5, 5.41) is 8.80. The van der Waals surface area contributed by atoms with Gasteiger partial charge in [0.25, 0.3) is 0 Å². The molecule has 0 saturated heterocycles. The van der Waals surface area contributed by atoms with Crippen LogP contribution >= 0.6 is 39.9 Å². The summed E-state index contributed by atoms with van der Waals surface area (Å²) in [7, 11) is 3.24. The number of amides is 1. The van der Waals surface area contributed by atoms with Crippen LogP contribution in [0.3, 0.4) is 0 Å². The van der Waals surface area contributed by atoms with Gasteiger partial charge < -0.3 is 25.4 Å². The van der Waals surface area contributed by atoms with Crippen molar-refractivity contribution in [3.8, 4) is 5.75 Å². The van der Waals surface area contributed by atoms with Crippen molar-refractivity contribution < 1.29 is 14.3 Å². The number of halogens is 2. The number of nitrogens with zero attached hydrogens (tertiary/aromatic N) is 1. The Labute approximate surface area is 174 Å². The van der Waals surface area contributed by atoms with E-state index in [-0.39, 0.29) is 42.5 Å². The topological polar surface area (TPSA) is 84.0 Å². The zero-order valence-corrected chi connectivity index (χ0v) is 18.6. The molecule has 3 N–H and O–H groups in total. The largest absolute Gasteiger partial charge is 0.488 e. The van der Waals surface area contributed by atoms with Gasteiger partial charge in [0.15, 0.2) is 5.96 Å². The van der Waals surface area contributed by atoms with Gasteiger partial charge >= 0.3 is 0 Å². The monoisotopic (exact) mass is 528 g/mol. The molecule has 1 unspecified atom stereocenters. The standard InChI is InChI=1S/C16H25BrN4O3.HI/c1-12(24-14-7-5-4-6-13(14)17)10-20-16(18-2)21-11-15(22)19-8-9-23-3;/h4-7,12H,8-11H2,1-3H3,(H,19,22)(H2,18,20,21);1H. The molecule has 1 aromatic carbocycles. The molecule has 0 aliphatic rings. The molecule has 0 aliphatic heterocycles. The molecule has 1 rings (SSSR count). The van der Waals surface area contributed by atoms with Crippen LogP contribution in [0.1, 0.15) is 6.92 Å². The molecular formula is C16H26BrIN4O3. The molecule has 0 fully saturated rings. The van der Waals surface area contributed by atoms with Crippen LogP contribution in [0, 0.1) is 0 Å². The number of guanidine groups is 1. The first-order valence-electron chi connectivity index (χ1n) is 7.68. The molecule has 0 heterocycles. The van der Waals surface area contributed by atoms with Crippen LogP contribution < -0.4 is 20.7 Å². The SMILES string of the molecule is CN=C(NCC(=O)NCCOC)NCC(C)Oc1ccccc1Br.I. The lowest BCUT2D eigenvalue weighted by Crippen LogP contribution is -2.45. The van der Waals surface area contributed by atoms with Crippen molar-refractivity contribution in [2.75, 3.05) is 40.4 Å². The van der Waals surface area contributed by atoms with Gasteiger partial charge in [-0.15, -0.1) is 24.0 Å². The fraction of sp³-hybridized carbons (Fsp3) is 0.500. The molecule has 0 aromatic heterocycles. The number of nitrogens with one attached hydrogen (secondary N) is 3. The van der Waals surface area contributed by atoms with Crippen molar-refractivity contribution in [1.29, 1.82) is 0 Å². The molecule has 142 valence electrons. The minimum atomic E-state index is -0.118. The predicted octanol–water partition coefficient (Wildman–Crippen LogP) is 1.76. The summed E-state index contributed by atoms with van der Waals surface area (Å²) >= 11 is 3.45. The van der Waals surface area contributed by atoms with Crippen LogP contribution in [0.5, 0.6) is 5.75 Å². The summed E-state index contributed by atoms with van der Waals surface area (Å²) in [5.41, 5.74) is 0. The maximum Gasteiger partial charge on any atom is 0.239 e. The van der Waals surface area contributed by atoms with Gasteiger partial charge in [-0.1, -0.05) is 12.1 Å². The van der Waals surface area contributed by atoms with Crippen LogP contribution in [0.25, 0.3) is 0 Å². The van der Waals surface area contributed by atoms with Crippen LogP contribution in [0.2, 0.25) is 0 Å². The van der Waals surface area contributed by atoms with Crippen LogP contribution in [0.4, 0.5) is 0 Å². The summed E-state index contributed by atoms with van der Waals surface area (Å²) in [6.45, 7) is 3.62. The zero-order valence-electron chi connectivity index (χ0n) is 14.7. The highest BCUT2D eigenvalue weighted by Gasteiger charge is 2.08. The lowest BCUT2D eigenvalue weighted by molar-refractivity contribution is -0.120. The quantitative estimate of drug-likeness (QED) is 0.197. The van der Waals surface area contributed by atoms with Crippen molar-refractivity contribution in [3.63, 3.8) is 0 Å². The third-order valence-electron chi connectivity index (χ3n) is 2.99. The molecule has 1 amide bonds. The van der Waals surface area contributed by atoms with E-state index < -0.39 is 0 Å². The molecule has 0 saturated carbocycles. The zero-order chi connectivity index (χ0) is 17.8. The summed E-state index contributed by atoms with van der Waals surface area (Å²) in [6.07, 6.45) is -0.0715. The average Bonchev–Trinajstić information content (AvgIpc) is 2.57. The summed E-state index contributed by atoms with van der Waals surface area (Å²) < 4.78 is 11.6. The van der Waals surface area contributed by atoms with Crippen LogP contribution in [-0.4, -0.2) is 58.4 Å². The Hall–Kier alpha value is -1.07. The molecular weight excluding hydrogens is 503 g/mol. The minimum Gasteiger partial charge on any atom is -0.488 e. The number of rotatable bonds is 9. The highest BCUT2D eigenvalue weighted by Crippen LogP contribution is 2.24. The van der Waals surface area contributed by atoms with Gasteiger partial charge in [0.1, 0.15) is 11.9 Å². The Balaban J connectivity index is 0.00000576. The van der Waals surface area contributed by atoms with E-state index in [0.29, 0.717) is 25.7 Å². The third kappa shape index (κ3) is 10.5. The van der Waals surface area contributed by atoms with E-state index in [2.05, 4.69) is 36.9 Å². The molecule has 7 nitrogen and oxygen atoms in total. The van der Waals surface area contributed by atoms with Gasteiger partial charge in [-0.3, -0.25) is 9.79 Å². The van der Waals surface area contributed by atoms with Crippen molar-refractivity contribution in [3.05, 3.63) is 28.7 Å². The number of para-hydroxylation sites is 1. The van der Waals surface area contributed by atoms with Crippen LogP contribution in [0.15, 0.2) is 33.7 Å². The van der Waals surface area contributed by atoms with Gasteiger partial charge in [-0.05, 0) is 35.0 Å². The van der Waals surface area contributed by atoms with Crippen molar-refractivity contribution in [2.24, 2.45) is 4.99 Å². The van der Waals surface area contributed by atoms with E-state index in [4.69, 9.17) is 9.47 Å². The molecule has 0 aliphatic carbocycles. The minimum absolute atomic E-state index is 0. The van der Waals surface area contributed by atoms with Gasteiger partial charge in [-0.25, -0.2) is 0 Å². The molecule has 1 aromatic rings. The predicted molar refractivity (Wildman–Crippen MR) is 114 cm³/mol. The summed E-state index contributed by atoms with van der Waals surface area (Å²) in [5.74, 6) is 1.21. The Morgan fingerprint density at radius 3 is 2.64 bits per heavy atom. The van der Waals surface area contributed by atoms with Crippen LogP contribution in [-0.2, 0) is 9.53 Å². The number of aliphatic imine (C=N–C) groups is 1. The van der Waals surface area contributed by atoms with E-state index in [0.717, 1.165) is 10.2 Å². The molecule has 0 spiro atoms. The van der Waals surface area contributed by atoms with Gasteiger partial charge in [0.2, 0.25) is 5.91 Å². The van der Waals surface area contributed by atoms with Crippen molar-refractivity contribution in [1.82, 2.24) is 16.0 Å². The second-order valence-electron chi connectivity index (χ2n) is 5.01. The Morgan fingerprint density at radius 2 is 2.00 bits per heavy atom. The number of methoxy groups -OCH3 is 1. The average molecular weight is 529 g/mol. The first-order chi connectivity index (χ1) is 11.6. The smallest absolute Gasteiger partial charge is 0.239 e. The maximum atomic E-state index is 11.6. The van der Waals surface area contributed by atoms with E-state index in [1.165, 1.54) is 0 Å². The highest BCUT2D eigenvalue weighted by atomic mass is 127. The number of benzene rings is 1. The number of hydrogen-bond acceptors (Lipinski definition) is 4. The van der Waals surface area contributed by atoms with Gasteiger partial charge in [-0.2, -0.15) is 0 Å².